The molecule has 1 rings (SSSR count). The first-order valence-electron chi connectivity index (χ1n) is 8.23. The number of benzene rings is 1. The first kappa shape index (κ1) is 20.4. The number of rotatable bonds is 10. The third-order valence-electron chi connectivity index (χ3n) is 3.50. The predicted octanol–water partition coefficient (Wildman–Crippen LogP) is 3.28. The van der Waals surface area contributed by atoms with Gasteiger partial charge in [0.05, 0.1) is 31.5 Å². The molecule has 1 atom stereocenters. The molecule has 134 valence electrons. The Hall–Kier alpha value is -1.69. The number of hydrogen-bond acceptors (Lipinski definition) is 5. The largest absolute Gasteiger partial charge is 0.460 e. The molecule has 1 unspecified atom stereocenters. The van der Waals surface area contributed by atoms with Crippen molar-refractivity contribution in [3.63, 3.8) is 0 Å². The number of carbonyl (C=O) groups excluding carboxylic acids is 1. The minimum absolute atomic E-state index is 0.160. The van der Waals surface area contributed by atoms with Gasteiger partial charge in [-0.15, -0.1) is 0 Å². The summed E-state index contributed by atoms with van der Waals surface area (Å²) in [6, 6.07) is 6.92. The zero-order valence-corrected chi connectivity index (χ0v) is 15.0. The molecule has 0 bridgehead atoms. The summed E-state index contributed by atoms with van der Waals surface area (Å²) in [6.07, 6.45) is 1.18. The van der Waals surface area contributed by atoms with Gasteiger partial charge in [0, 0.05) is 0 Å². The second-order valence-electron chi connectivity index (χ2n) is 5.69. The molecule has 0 aromatic heterocycles. The fourth-order valence-corrected chi connectivity index (χ4v) is 2.04. The van der Waals surface area contributed by atoms with Gasteiger partial charge in [-0.25, -0.2) is 4.79 Å². The van der Waals surface area contributed by atoms with Gasteiger partial charge < -0.3 is 19.3 Å². The van der Waals surface area contributed by atoms with Crippen molar-refractivity contribution in [3.05, 3.63) is 47.0 Å². The number of hydrogen-bond donors (Lipinski definition) is 1. The van der Waals surface area contributed by atoms with Crippen LogP contribution in [0.3, 0.4) is 0 Å². The SMILES string of the molecule is CC=C(C)C(O)c1ccccc1C(=O)OCCOCCOC(C)C. The van der Waals surface area contributed by atoms with Gasteiger partial charge in [-0.3, -0.25) is 0 Å². The molecule has 1 N–H and O–H groups in total. The van der Waals surface area contributed by atoms with Crippen LogP contribution in [0.15, 0.2) is 35.9 Å². The standard InChI is InChI=1S/C19H28O5/c1-5-15(4)18(20)16-8-6-7-9-17(16)19(21)24-13-11-22-10-12-23-14(2)3/h5-9,14,18,20H,10-13H2,1-4H3. The second-order valence-corrected chi connectivity index (χ2v) is 5.69. The van der Waals surface area contributed by atoms with E-state index >= 15 is 0 Å². The van der Waals surface area contributed by atoms with Crippen molar-refractivity contribution >= 4 is 5.97 Å². The van der Waals surface area contributed by atoms with Crippen LogP contribution in [0, 0.1) is 0 Å². The van der Waals surface area contributed by atoms with E-state index in [0.717, 1.165) is 5.57 Å². The number of esters is 1. The molecule has 5 heteroatoms. The lowest BCUT2D eigenvalue weighted by Crippen LogP contribution is -2.16. The van der Waals surface area contributed by atoms with E-state index in [4.69, 9.17) is 14.2 Å². The van der Waals surface area contributed by atoms with E-state index in [1.165, 1.54) is 0 Å². The first-order valence-corrected chi connectivity index (χ1v) is 8.23. The van der Waals surface area contributed by atoms with Crippen LogP contribution in [0.2, 0.25) is 0 Å². The molecule has 5 nitrogen and oxygen atoms in total. The van der Waals surface area contributed by atoms with Crippen LogP contribution in [-0.2, 0) is 14.2 Å². The molecule has 1 aromatic rings. The second kappa shape index (κ2) is 11.0. The predicted molar refractivity (Wildman–Crippen MR) is 93.0 cm³/mol. The molecule has 0 saturated heterocycles. The van der Waals surface area contributed by atoms with Crippen molar-refractivity contribution in [2.75, 3.05) is 26.4 Å². The number of allylic oxidation sites excluding steroid dienone is 1. The van der Waals surface area contributed by atoms with Crippen molar-refractivity contribution < 1.29 is 24.1 Å². The fraction of sp³-hybridized carbons (Fsp3) is 0.526. The van der Waals surface area contributed by atoms with Gasteiger partial charge in [-0.2, -0.15) is 0 Å². The van der Waals surface area contributed by atoms with Crippen LogP contribution in [0.1, 0.15) is 49.7 Å². The Morgan fingerprint density at radius 3 is 2.50 bits per heavy atom. The average Bonchev–Trinajstić information content (AvgIpc) is 2.59. The Kier molecular flexibility index (Phi) is 9.30. The molecule has 0 heterocycles. The van der Waals surface area contributed by atoms with E-state index in [0.29, 0.717) is 30.9 Å². The highest BCUT2D eigenvalue weighted by molar-refractivity contribution is 5.91. The molecule has 0 aliphatic carbocycles. The number of ether oxygens (including phenoxy) is 3. The van der Waals surface area contributed by atoms with Gasteiger partial charge in [0.25, 0.3) is 0 Å². The van der Waals surface area contributed by atoms with E-state index in [1.807, 2.05) is 33.8 Å². The van der Waals surface area contributed by atoms with E-state index in [2.05, 4.69) is 0 Å². The smallest absolute Gasteiger partial charge is 0.338 e. The summed E-state index contributed by atoms with van der Waals surface area (Å²) in [7, 11) is 0. The third kappa shape index (κ3) is 6.83. The lowest BCUT2D eigenvalue weighted by molar-refractivity contribution is 0.00124. The Morgan fingerprint density at radius 2 is 1.83 bits per heavy atom. The van der Waals surface area contributed by atoms with Crippen molar-refractivity contribution in [2.45, 2.75) is 39.9 Å². The maximum atomic E-state index is 12.2. The quantitative estimate of drug-likeness (QED) is 0.403. The van der Waals surface area contributed by atoms with Crippen molar-refractivity contribution in [1.29, 1.82) is 0 Å². The van der Waals surface area contributed by atoms with E-state index in [1.54, 1.807) is 24.3 Å². The topological polar surface area (TPSA) is 65.0 Å². The molecule has 0 aliphatic rings. The van der Waals surface area contributed by atoms with Crippen molar-refractivity contribution in [2.24, 2.45) is 0 Å². The minimum atomic E-state index is -0.816. The van der Waals surface area contributed by atoms with Gasteiger partial charge in [0.1, 0.15) is 12.7 Å². The highest BCUT2D eigenvalue weighted by Gasteiger charge is 2.18. The summed E-state index contributed by atoms with van der Waals surface area (Å²) < 4.78 is 15.9. The van der Waals surface area contributed by atoms with Crippen LogP contribution in [0.5, 0.6) is 0 Å². The maximum Gasteiger partial charge on any atom is 0.338 e. The Bertz CT molecular complexity index is 536. The Morgan fingerprint density at radius 1 is 1.17 bits per heavy atom. The zero-order valence-electron chi connectivity index (χ0n) is 15.0. The number of carbonyl (C=O) groups is 1. The Labute approximate surface area is 144 Å². The highest BCUT2D eigenvalue weighted by Crippen LogP contribution is 2.24. The van der Waals surface area contributed by atoms with Crippen LogP contribution in [0.4, 0.5) is 0 Å². The highest BCUT2D eigenvalue weighted by atomic mass is 16.6. The summed E-state index contributed by atoms with van der Waals surface area (Å²) in [5, 5.41) is 10.3. The number of aliphatic hydroxyl groups excluding tert-OH is 1. The molecule has 1 aromatic carbocycles. The first-order chi connectivity index (χ1) is 11.5. The number of aliphatic hydroxyl groups is 1. The maximum absolute atomic E-state index is 12.2. The molecular formula is C19H28O5. The van der Waals surface area contributed by atoms with Gasteiger partial charge in [0.15, 0.2) is 0 Å². The summed E-state index contributed by atoms with van der Waals surface area (Å²) >= 11 is 0. The Balaban J connectivity index is 2.48. The molecule has 0 fully saturated rings. The van der Waals surface area contributed by atoms with E-state index in [9.17, 15) is 9.90 Å². The lowest BCUT2D eigenvalue weighted by Gasteiger charge is -2.15. The summed E-state index contributed by atoms with van der Waals surface area (Å²) in [5.41, 5.74) is 1.70. The van der Waals surface area contributed by atoms with E-state index < -0.39 is 12.1 Å². The molecule has 0 amide bonds. The van der Waals surface area contributed by atoms with Crippen LogP contribution >= 0.6 is 0 Å². The molecular weight excluding hydrogens is 308 g/mol. The van der Waals surface area contributed by atoms with Crippen LogP contribution in [0.25, 0.3) is 0 Å². The lowest BCUT2D eigenvalue weighted by atomic mass is 9.97. The molecule has 0 spiro atoms. The molecule has 0 saturated carbocycles. The van der Waals surface area contributed by atoms with Crippen molar-refractivity contribution in [3.8, 4) is 0 Å². The van der Waals surface area contributed by atoms with Crippen LogP contribution in [-0.4, -0.2) is 43.6 Å². The van der Waals surface area contributed by atoms with Crippen molar-refractivity contribution in [1.82, 2.24) is 0 Å². The van der Waals surface area contributed by atoms with Gasteiger partial charge in [-0.1, -0.05) is 24.3 Å². The van der Waals surface area contributed by atoms with Gasteiger partial charge >= 0.3 is 5.97 Å². The normalized spacial score (nSPS) is 13.2. The van der Waals surface area contributed by atoms with E-state index in [-0.39, 0.29) is 12.7 Å². The molecule has 0 aliphatic heterocycles. The monoisotopic (exact) mass is 336 g/mol. The van der Waals surface area contributed by atoms with Gasteiger partial charge in [0.2, 0.25) is 0 Å². The van der Waals surface area contributed by atoms with Gasteiger partial charge in [-0.05, 0) is 44.9 Å². The zero-order chi connectivity index (χ0) is 17.9. The molecule has 24 heavy (non-hydrogen) atoms. The summed E-state index contributed by atoms with van der Waals surface area (Å²) in [6.45, 7) is 9.04. The molecule has 0 radical (unpaired) electrons. The van der Waals surface area contributed by atoms with Crippen LogP contribution < -0.4 is 0 Å². The third-order valence-corrected chi connectivity index (χ3v) is 3.50. The fourth-order valence-electron chi connectivity index (χ4n) is 2.04. The average molecular weight is 336 g/mol. The summed E-state index contributed by atoms with van der Waals surface area (Å²) in [5.74, 6) is -0.462. The minimum Gasteiger partial charge on any atom is -0.460 e. The summed E-state index contributed by atoms with van der Waals surface area (Å²) in [4.78, 5) is 12.2.